The minimum Gasteiger partial charge on any atom is -0.508 e. The number of rotatable bonds is 6. The number of anilines is 1. The number of aryl methyl sites for hydroxylation is 1. The lowest BCUT2D eigenvalue weighted by atomic mass is 10.1. The molecule has 4 N–H and O–H groups in total. The number of halogens is 2. The SMILES string of the molecule is CCNC(=NCc1ccc(F)c(C)c1)NCC(=O)Nc1ccc(O)cc1.I. The molecule has 0 heterocycles. The number of benzene rings is 2. The molecule has 2 rings (SSSR count). The molecule has 6 nitrogen and oxygen atoms in total. The van der Waals surface area contributed by atoms with Gasteiger partial charge >= 0.3 is 0 Å². The Morgan fingerprint density at radius 3 is 2.48 bits per heavy atom. The number of phenols is 1. The first-order valence-corrected chi connectivity index (χ1v) is 8.34. The van der Waals surface area contributed by atoms with Gasteiger partial charge < -0.3 is 21.1 Å². The van der Waals surface area contributed by atoms with Crippen molar-refractivity contribution in [1.29, 1.82) is 0 Å². The lowest BCUT2D eigenvalue weighted by molar-refractivity contribution is -0.115. The smallest absolute Gasteiger partial charge is 0.243 e. The maximum absolute atomic E-state index is 13.3. The second-order valence-electron chi connectivity index (χ2n) is 5.73. The van der Waals surface area contributed by atoms with Crippen molar-refractivity contribution in [2.24, 2.45) is 4.99 Å². The number of nitrogens with zero attached hydrogens (tertiary/aromatic N) is 1. The number of amides is 1. The summed E-state index contributed by atoms with van der Waals surface area (Å²) in [6.45, 7) is 4.69. The topological polar surface area (TPSA) is 85.8 Å². The molecular formula is C19H24FIN4O2. The normalized spacial score (nSPS) is 10.7. The van der Waals surface area contributed by atoms with Gasteiger partial charge in [0.25, 0.3) is 0 Å². The molecule has 0 aliphatic carbocycles. The average molecular weight is 486 g/mol. The predicted octanol–water partition coefficient (Wildman–Crippen LogP) is 3.15. The molecule has 27 heavy (non-hydrogen) atoms. The largest absolute Gasteiger partial charge is 0.508 e. The Balaban J connectivity index is 0.00000364. The number of carbonyl (C=O) groups excluding carboxylic acids is 1. The summed E-state index contributed by atoms with van der Waals surface area (Å²) in [5.41, 5.74) is 2.05. The first-order chi connectivity index (χ1) is 12.5. The van der Waals surface area contributed by atoms with Crippen molar-refractivity contribution < 1.29 is 14.3 Å². The van der Waals surface area contributed by atoms with Crippen molar-refractivity contribution >= 4 is 41.5 Å². The summed E-state index contributed by atoms with van der Waals surface area (Å²) < 4.78 is 13.3. The molecule has 0 aliphatic rings. The third-order valence-corrected chi connectivity index (χ3v) is 3.55. The van der Waals surface area contributed by atoms with Crippen molar-refractivity contribution in [2.45, 2.75) is 20.4 Å². The van der Waals surface area contributed by atoms with Crippen LogP contribution in [0.5, 0.6) is 5.75 Å². The van der Waals surface area contributed by atoms with E-state index in [0.29, 0.717) is 30.3 Å². The Bertz CT molecular complexity index is 782. The van der Waals surface area contributed by atoms with Crippen molar-refractivity contribution in [3.63, 3.8) is 0 Å². The second kappa shape index (κ2) is 11.4. The van der Waals surface area contributed by atoms with E-state index in [0.717, 1.165) is 5.56 Å². The van der Waals surface area contributed by atoms with Gasteiger partial charge in [-0.25, -0.2) is 9.38 Å². The van der Waals surface area contributed by atoms with Crippen molar-refractivity contribution in [3.8, 4) is 5.75 Å². The molecule has 0 radical (unpaired) electrons. The number of hydrogen-bond acceptors (Lipinski definition) is 3. The zero-order valence-corrected chi connectivity index (χ0v) is 17.6. The zero-order chi connectivity index (χ0) is 18.9. The Morgan fingerprint density at radius 2 is 1.85 bits per heavy atom. The van der Waals surface area contributed by atoms with Crippen molar-refractivity contribution in [1.82, 2.24) is 10.6 Å². The van der Waals surface area contributed by atoms with Gasteiger partial charge in [0.1, 0.15) is 11.6 Å². The summed E-state index contributed by atoms with van der Waals surface area (Å²) >= 11 is 0. The van der Waals surface area contributed by atoms with E-state index in [-0.39, 0.29) is 48.0 Å². The molecule has 2 aromatic rings. The first-order valence-electron chi connectivity index (χ1n) is 8.34. The van der Waals surface area contributed by atoms with Crippen LogP contribution in [0.2, 0.25) is 0 Å². The molecule has 0 fully saturated rings. The van der Waals surface area contributed by atoms with Crippen LogP contribution in [0.4, 0.5) is 10.1 Å². The molecular weight excluding hydrogens is 462 g/mol. The number of hydrogen-bond donors (Lipinski definition) is 4. The molecule has 0 saturated heterocycles. The lowest BCUT2D eigenvalue weighted by Crippen LogP contribution is -2.41. The Kier molecular flexibility index (Phi) is 9.55. The summed E-state index contributed by atoms with van der Waals surface area (Å²) in [5.74, 6) is 0.154. The van der Waals surface area contributed by atoms with Crippen LogP contribution in [0, 0.1) is 12.7 Å². The van der Waals surface area contributed by atoms with Gasteiger partial charge in [-0.1, -0.05) is 12.1 Å². The Morgan fingerprint density at radius 1 is 1.15 bits per heavy atom. The highest BCUT2D eigenvalue weighted by Gasteiger charge is 2.05. The van der Waals surface area contributed by atoms with E-state index in [1.807, 2.05) is 6.92 Å². The van der Waals surface area contributed by atoms with Crippen LogP contribution in [-0.4, -0.2) is 30.1 Å². The monoisotopic (exact) mass is 486 g/mol. The molecule has 2 aromatic carbocycles. The van der Waals surface area contributed by atoms with Crippen LogP contribution in [-0.2, 0) is 11.3 Å². The van der Waals surface area contributed by atoms with E-state index in [1.54, 1.807) is 31.2 Å². The number of aliphatic imine (C=N–C) groups is 1. The highest BCUT2D eigenvalue weighted by atomic mass is 127. The summed E-state index contributed by atoms with van der Waals surface area (Å²) in [4.78, 5) is 16.4. The van der Waals surface area contributed by atoms with E-state index < -0.39 is 0 Å². The molecule has 0 unspecified atom stereocenters. The minimum absolute atomic E-state index is 0. The molecule has 0 bridgehead atoms. The second-order valence-corrected chi connectivity index (χ2v) is 5.73. The van der Waals surface area contributed by atoms with Crippen molar-refractivity contribution in [3.05, 3.63) is 59.4 Å². The molecule has 1 amide bonds. The van der Waals surface area contributed by atoms with Crippen LogP contribution >= 0.6 is 24.0 Å². The molecule has 146 valence electrons. The number of nitrogens with one attached hydrogen (secondary N) is 3. The van der Waals surface area contributed by atoms with E-state index >= 15 is 0 Å². The highest BCUT2D eigenvalue weighted by molar-refractivity contribution is 14.0. The molecule has 8 heteroatoms. The van der Waals surface area contributed by atoms with Gasteiger partial charge in [-0.2, -0.15) is 0 Å². The Hall–Kier alpha value is -2.36. The van der Waals surface area contributed by atoms with Gasteiger partial charge in [0.05, 0.1) is 13.1 Å². The molecule has 0 aromatic heterocycles. The first kappa shape index (κ1) is 22.7. The fourth-order valence-electron chi connectivity index (χ4n) is 2.23. The van der Waals surface area contributed by atoms with Crippen molar-refractivity contribution in [2.75, 3.05) is 18.4 Å². The summed E-state index contributed by atoms with van der Waals surface area (Å²) in [6.07, 6.45) is 0. The Labute approximate surface area is 175 Å². The molecule has 0 saturated carbocycles. The summed E-state index contributed by atoms with van der Waals surface area (Å²) in [7, 11) is 0. The van der Waals surface area contributed by atoms with Gasteiger partial charge in [0, 0.05) is 12.2 Å². The summed E-state index contributed by atoms with van der Waals surface area (Å²) in [6, 6.07) is 11.1. The van der Waals surface area contributed by atoms with Gasteiger partial charge in [-0.3, -0.25) is 4.79 Å². The lowest BCUT2D eigenvalue weighted by Gasteiger charge is -2.12. The fourth-order valence-corrected chi connectivity index (χ4v) is 2.23. The minimum atomic E-state index is -0.242. The van der Waals surface area contributed by atoms with Gasteiger partial charge in [0.2, 0.25) is 5.91 Å². The highest BCUT2D eigenvalue weighted by Crippen LogP contribution is 2.13. The molecule has 0 spiro atoms. The van der Waals surface area contributed by atoms with Crippen LogP contribution in [0.3, 0.4) is 0 Å². The van der Waals surface area contributed by atoms with E-state index in [4.69, 9.17) is 0 Å². The molecule has 0 aliphatic heterocycles. The number of guanidine groups is 1. The maximum Gasteiger partial charge on any atom is 0.243 e. The van der Waals surface area contributed by atoms with E-state index in [1.165, 1.54) is 18.2 Å². The van der Waals surface area contributed by atoms with E-state index in [2.05, 4.69) is 20.9 Å². The number of aromatic hydroxyl groups is 1. The van der Waals surface area contributed by atoms with Crippen LogP contribution in [0.25, 0.3) is 0 Å². The standard InChI is InChI=1S/C19H23FN4O2.HI/c1-3-21-19(22-11-14-4-9-17(20)13(2)10-14)23-12-18(26)24-15-5-7-16(25)8-6-15;/h4-10,25H,3,11-12H2,1-2H3,(H,24,26)(H2,21,22,23);1H. The number of carbonyl (C=O) groups is 1. The van der Waals surface area contributed by atoms with Gasteiger partial charge in [0.15, 0.2) is 5.96 Å². The van der Waals surface area contributed by atoms with Gasteiger partial charge in [-0.05, 0) is 55.3 Å². The maximum atomic E-state index is 13.3. The fraction of sp³-hybridized carbons (Fsp3) is 0.263. The third-order valence-electron chi connectivity index (χ3n) is 3.55. The van der Waals surface area contributed by atoms with E-state index in [9.17, 15) is 14.3 Å². The van der Waals surface area contributed by atoms with Crippen LogP contribution < -0.4 is 16.0 Å². The van der Waals surface area contributed by atoms with Gasteiger partial charge in [-0.15, -0.1) is 24.0 Å². The predicted molar refractivity (Wildman–Crippen MR) is 116 cm³/mol. The van der Waals surface area contributed by atoms with Crippen LogP contribution in [0.15, 0.2) is 47.5 Å². The number of phenolic OH excluding ortho intramolecular Hbond substituents is 1. The summed E-state index contributed by atoms with van der Waals surface area (Å²) in [5, 5.41) is 18.0. The quantitative estimate of drug-likeness (QED) is 0.219. The van der Waals surface area contributed by atoms with Crippen LogP contribution in [0.1, 0.15) is 18.1 Å². The molecule has 0 atom stereocenters. The zero-order valence-electron chi connectivity index (χ0n) is 15.3. The third kappa shape index (κ3) is 7.81. The average Bonchev–Trinajstić information content (AvgIpc) is 2.62.